The summed E-state index contributed by atoms with van der Waals surface area (Å²) in [5.41, 5.74) is 0.754. The molecule has 3 rings (SSSR count). The minimum absolute atomic E-state index is 0.00682. The van der Waals surface area contributed by atoms with Gasteiger partial charge in [-0.2, -0.15) is 11.8 Å². The number of aliphatic hydroxyl groups is 1. The standard InChI is InChI=1S/C51H82N4O10S/c1-31(2)37(28-40(57)46(32(3)4)52(9)43(58)24-18-15-19-25-55-45(60)30-42(66-13)51(55)63)50(62)53(10)47(33(5)6)41(64-11)29-44(59)54-26-20-23-38(54)49(65-12)35(8)39(56)27-34(7)48(61)36-21-16-14-17-22-36/h14,16-17,21-22,31-35,37-38,41-42,46-49,61H,15,18-20,23-30H2,1-13H3/t34-,35-,37-,38-,41+,42?,46-,47-,48+,49+/m0/s1. The van der Waals surface area contributed by atoms with Gasteiger partial charge in [-0.25, -0.2) is 0 Å². The highest BCUT2D eigenvalue weighted by molar-refractivity contribution is 8.00. The maximum atomic E-state index is 14.5. The van der Waals surface area contributed by atoms with Crippen molar-refractivity contribution < 1.29 is 48.1 Å². The second-order valence-electron chi connectivity index (χ2n) is 19.8. The molecule has 2 aliphatic rings. The van der Waals surface area contributed by atoms with E-state index >= 15 is 0 Å². The molecule has 0 bridgehead atoms. The van der Waals surface area contributed by atoms with Gasteiger partial charge in [-0.15, -0.1) is 0 Å². The number of aliphatic hydroxyl groups excluding tert-OH is 1. The van der Waals surface area contributed by atoms with Gasteiger partial charge in [0.25, 0.3) is 0 Å². The Balaban J connectivity index is 1.66. The van der Waals surface area contributed by atoms with Crippen LogP contribution in [0.1, 0.15) is 131 Å². The first kappa shape index (κ1) is 56.7. The first-order valence-corrected chi connectivity index (χ1v) is 25.4. The predicted molar refractivity (Wildman–Crippen MR) is 258 cm³/mol. The van der Waals surface area contributed by atoms with Crippen LogP contribution in [0.15, 0.2) is 30.3 Å². The van der Waals surface area contributed by atoms with Gasteiger partial charge in [0.15, 0.2) is 5.78 Å². The molecular formula is C51H82N4O10S. The average molecular weight is 943 g/mol. The number of hydrogen-bond donors (Lipinski definition) is 1. The Morgan fingerprint density at radius 3 is 2.02 bits per heavy atom. The Morgan fingerprint density at radius 2 is 1.47 bits per heavy atom. The highest BCUT2D eigenvalue weighted by Gasteiger charge is 2.44. The van der Waals surface area contributed by atoms with Crippen LogP contribution in [0.3, 0.4) is 0 Å². The van der Waals surface area contributed by atoms with Gasteiger partial charge < -0.3 is 29.3 Å². The quantitative estimate of drug-likeness (QED) is 0.0709. The van der Waals surface area contributed by atoms with Crippen LogP contribution in [0.5, 0.6) is 0 Å². The number of unbranched alkanes of at least 4 members (excludes halogenated alkanes) is 2. The highest BCUT2D eigenvalue weighted by Crippen LogP contribution is 2.33. The van der Waals surface area contributed by atoms with Gasteiger partial charge in [0.1, 0.15) is 5.78 Å². The van der Waals surface area contributed by atoms with E-state index in [9.17, 15) is 38.7 Å². The maximum Gasteiger partial charge on any atom is 0.242 e. The summed E-state index contributed by atoms with van der Waals surface area (Å²) in [6, 6.07) is 7.69. The SMILES string of the molecule is CO[C@H]([C@@H](C)C(=O)C[C@H](C)[C@@H](O)c1ccccc1)[C@@H]1CCCN1C(=O)C[C@@H](OC)[C@H](C(C)C)N(C)C(=O)[C@@H](CC(=O)[C@H](C(C)C)N(C)C(=O)CCCCCN1C(=O)CC(SC)C1=O)C(C)C. The summed E-state index contributed by atoms with van der Waals surface area (Å²) < 4.78 is 12.0. The molecule has 2 aliphatic heterocycles. The monoisotopic (exact) mass is 943 g/mol. The Morgan fingerprint density at radius 1 is 0.818 bits per heavy atom. The number of benzene rings is 1. The van der Waals surface area contributed by atoms with Crippen molar-refractivity contribution in [1.82, 2.24) is 19.6 Å². The van der Waals surface area contributed by atoms with E-state index in [1.165, 1.54) is 28.7 Å². The van der Waals surface area contributed by atoms with Crippen LogP contribution in [0.2, 0.25) is 0 Å². The Kier molecular flexibility index (Phi) is 23.0. The molecular weight excluding hydrogens is 861 g/mol. The molecule has 372 valence electrons. The van der Waals surface area contributed by atoms with Gasteiger partial charge in [-0.1, -0.05) is 92.1 Å². The summed E-state index contributed by atoms with van der Waals surface area (Å²) in [5.74, 6) is -3.19. The molecule has 2 saturated heterocycles. The second kappa shape index (κ2) is 26.8. The molecule has 2 heterocycles. The van der Waals surface area contributed by atoms with E-state index in [0.717, 1.165) is 12.0 Å². The van der Waals surface area contributed by atoms with E-state index in [-0.39, 0.29) is 108 Å². The summed E-state index contributed by atoms with van der Waals surface area (Å²) in [6.07, 6.45) is 3.54. The molecule has 15 heteroatoms. The van der Waals surface area contributed by atoms with E-state index in [4.69, 9.17) is 9.47 Å². The fraction of sp³-hybridized carbons (Fsp3) is 0.745. The minimum Gasteiger partial charge on any atom is -0.388 e. The number of carbonyl (C=O) groups is 7. The number of Topliss-reactive ketones (excluding diaryl/α,β-unsaturated/α-hetero) is 2. The third kappa shape index (κ3) is 14.7. The van der Waals surface area contributed by atoms with Crippen LogP contribution in [-0.2, 0) is 43.0 Å². The molecule has 0 aromatic heterocycles. The fourth-order valence-corrected chi connectivity index (χ4v) is 10.8. The fourth-order valence-electron chi connectivity index (χ4n) is 10.2. The van der Waals surface area contributed by atoms with Crippen molar-refractivity contribution >= 4 is 52.9 Å². The summed E-state index contributed by atoms with van der Waals surface area (Å²) in [7, 11) is 6.45. The number of carbonyl (C=O) groups excluding carboxylic acids is 7. The third-order valence-electron chi connectivity index (χ3n) is 14.1. The zero-order chi connectivity index (χ0) is 49.6. The molecule has 0 saturated carbocycles. The Labute approximate surface area is 399 Å². The van der Waals surface area contributed by atoms with Crippen LogP contribution >= 0.6 is 11.8 Å². The van der Waals surface area contributed by atoms with E-state index in [1.54, 1.807) is 31.0 Å². The maximum absolute atomic E-state index is 14.5. The molecule has 1 aromatic rings. The number of nitrogens with zero attached hydrogens (tertiary/aromatic N) is 4. The first-order valence-electron chi connectivity index (χ1n) is 24.2. The first-order chi connectivity index (χ1) is 31.1. The molecule has 0 spiro atoms. The van der Waals surface area contributed by atoms with Crippen molar-refractivity contribution in [2.45, 2.75) is 161 Å². The number of likely N-dealkylation sites (tertiary alicyclic amines) is 2. The molecule has 0 aliphatic carbocycles. The molecule has 1 aromatic carbocycles. The van der Waals surface area contributed by atoms with Gasteiger partial charge in [-0.05, 0) is 61.2 Å². The van der Waals surface area contributed by atoms with Crippen molar-refractivity contribution in [3.05, 3.63) is 35.9 Å². The molecule has 2 fully saturated rings. The summed E-state index contributed by atoms with van der Waals surface area (Å²) >= 11 is 1.38. The second-order valence-corrected chi connectivity index (χ2v) is 20.8. The zero-order valence-electron chi connectivity index (χ0n) is 42.2. The number of hydrogen-bond acceptors (Lipinski definition) is 11. The van der Waals surface area contributed by atoms with Crippen molar-refractivity contribution in [2.75, 3.05) is 47.7 Å². The molecule has 10 atom stereocenters. The van der Waals surface area contributed by atoms with Crippen molar-refractivity contribution in [3.63, 3.8) is 0 Å². The number of amides is 5. The molecule has 1 N–H and O–H groups in total. The topological polar surface area (TPSA) is 171 Å². The molecule has 0 radical (unpaired) electrons. The largest absolute Gasteiger partial charge is 0.388 e. The van der Waals surface area contributed by atoms with Gasteiger partial charge in [0.05, 0.1) is 48.1 Å². The van der Waals surface area contributed by atoms with Gasteiger partial charge >= 0.3 is 0 Å². The number of methoxy groups -OCH3 is 2. The van der Waals surface area contributed by atoms with Gasteiger partial charge in [-0.3, -0.25) is 38.5 Å². The molecule has 66 heavy (non-hydrogen) atoms. The molecule has 5 amide bonds. The summed E-state index contributed by atoms with van der Waals surface area (Å²) in [4.78, 5) is 101. The van der Waals surface area contributed by atoms with Crippen molar-refractivity contribution in [1.29, 1.82) is 0 Å². The predicted octanol–water partition coefficient (Wildman–Crippen LogP) is 6.61. The van der Waals surface area contributed by atoms with Crippen LogP contribution in [0, 0.1) is 35.5 Å². The summed E-state index contributed by atoms with van der Waals surface area (Å²) in [5, 5.41) is 10.6. The molecule has 14 nitrogen and oxygen atoms in total. The number of imide groups is 1. The Hall–Kier alpha value is -3.66. The number of likely N-dealkylation sites (N-methyl/N-ethyl adjacent to an activating group) is 2. The Bertz CT molecular complexity index is 1780. The number of ether oxygens (including phenoxy) is 2. The van der Waals surface area contributed by atoms with E-state index in [0.29, 0.717) is 38.8 Å². The van der Waals surface area contributed by atoms with Crippen LogP contribution in [0.25, 0.3) is 0 Å². The van der Waals surface area contributed by atoms with Crippen molar-refractivity contribution in [2.24, 2.45) is 35.5 Å². The highest BCUT2D eigenvalue weighted by atomic mass is 32.2. The lowest BCUT2D eigenvalue weighted by molar-refractivity contribution is -0.149. The van der Waals surface area contributed by atoms with Crippen LogP contribution in [-0.4, -0.2) is 149 Å². The van der Waals surface area contributed by atoms with Gasteiger partial charge in [0.2, 0.25) is 29.5 Å². The normalized spacial score (nSPS) is 20.3. The lowest BCUT2D eigenvalue weighted by Crippen LogP contribution is -2.54. The van der Waals surface area contributed by atoms with E-state index in [2.05, 4.69) is 0 Å². The zero-order valence-corrected chi connectivity index (χ0v) is 43.0. The minimum atomic E-state index is -0.792. The third-order valence-corrected chi connectivity index (χ3v) is 15.0. The number of thioether (sulfide) groups is 1. The summed E-state index contributed by atoms with van der Waals surface area (Å²) in [6.45, 7) is 16.1. The lowest BCUT2D eigenvalue weighted by atomic mass is 9.84. The van der Waals surface area contributed by atoms with E-state index < -0.39 is 42.2 Å². The smallest absolute Gasteiger partial charge is 0.242 e. The lowest BCUT2D eigenvalue weighted by Gasteiger charge is -2.40. The van der Waals surface area contributed by atoms with Gasteiger partial charge in [0, 0.05) is 78.9 Å². The van der Waals surface area contributed by atoms with Crippen molar-refractivity contribution in [3.8, 4) is 0 Å². The van der Waals surface area contributed by atoms with Crippen LogP contribution < -0.4 is 0 Å². The van der Waals surface area contributed by atoms with Crippen LogP contribution in [0.4, 0.5) is 0 Å². The number of rotatable bonds is 28. The van der Waals surface area contributed by atoms with E-state index in [1.807, 2.05) is 92.0 Å². The number of ketones is 2. The average Bonchev–Trinajstić information content (AvgIpc) is 3.87. The molecule has 1 unspecified atom stereocenters.